The Hall–Kier alpha value is -2.05. The van der Waals surface area contributed by atoms with Crippen LogP contribution < -0.4 is 0 Å². The maximum absolute atomic E-state index is 12.6. The van der Waals surface area contributed by atoms with Gasteiger partial charge >= 0.3 is 5.97 Å². The van der Waals surface area contributed by atoms with Crippen LogP contribution in [0.3, 0.4) is 0 Å². The molecule has 0 amide bonds. The fourth-order valence-corrected chi connectivity index (χ4v) is 3.36. The molecule has 114 valence electrons. The van der Waals surface area contributed by atoms with Gasteiger partial charge in [-0.3, -0.25) is 9.59 Å². The topological polar surface area (TPSA) is 82.4 Å². The smallest absolute Gasteiger partial charge is 0.312 e. The monoisotopic (exact) mass is 317 g/mol. The largest absolute Gasteiger partial charge is 0.612 e. The van der Waals surface area contributed by atoms with Gasteiger partial charge in [-0.25, -0.2) is 0 Å². The van der Waals surface area contributed by atoms with E-state index in [1.54, 1.807) is 47.2 Å². The Balaban J connectivity index is 1.91. The number of rotatable bonds is 4. The lowest BCUT2D eigenvalue weighted by atomic mass is 10.1. The lowest BCUT2D eigenvalue weighted by Gasteiger charge is -2.07. The van der Waals surface area contributed by atoms with E-state index >= 15 is 0 Å². The second kappa shape index (κ2) is 5.62. The van der Waals surface area contributed by atoms with Gasteiger partial charge in [0.15, 0.2) is 4.90 Å². The fraction of sp³-hybridized carbons (Fsp3) is 0.250. The minimum absolute atomic E-state index is 0.147. The van der Waals surface area contributed by atoms with E-state index < -0.39 is 23.1 Å². The number of carbonyl (C=O) groups excluding carboxylic acids is 1. The van der Waals surface area contributed by atoms with Crippen LogP contribution in [0.5, 0.6) is 0 Å². The zero-order valence-corrected chi connectivity index (χ0v) is 12.8. The van der Waals surface area contributed by atoms with Crippen LogP contribution in [0.25, 0.3) is 0 Å². The van der Waals surface area contributed by atoms with Crippen molar-refractivity contribution in [3.05, 3.63) is 53.3 Å². The van der Waals surface area contributed by atoms with Gasteiger partial charge < -0.3 is 14.2 Å². The normalized spacial score (nSPS) is 18.0. The van der Waals surface area contributed by atoms with Gasteiger partial charge in [0.05, 0.1) is 11.6 Å². The number of hydrogen-bond donors (Lipinski definition) is 1. The molecule has 1 N–H and O–H groups in total. The molecule has 0 aliphatic carbocycles. The molecular formula is C16H15NO4S. The number of aromatic nitrogens is 1. The first kappa shape index (κ1) is 14.9. The molecule has 0 spiro atoms. The SMILES string of the molecule is C[S+]([O-])c1ccc(C(=O)c2ccc3n2CCC3C(=O)O)cc1. The number of nitrogens with zero attached hydrogens (tertiary/aromatic N) is 1. The summed E-state index contributed by atoms with van der Waals surface area (Å²) >= 11 is -1.08. The van der Waals surface area contributed by atoms with Gasteiger partial charge in [0, 0.05) is 17.8 Å². The van der Waals surface area contributed by atoms with E-state index in [0.717, 1.165) is 0 Å². The molecule has 0 radical (unpaired) electrons. The van der Waals surface area contributed by atoms with Gasteiger partial charge in [0.2, 0.25) is 5.78 Å². The van der Waals surface area contributed by atoms with Gasteiger partial charge in [-0.05, 0) is 54.0 Å². The van der Waals surface area contributed by atoms with Crippen LogP contribution in [0, 0.1) is 0 Å². The molecule has 1 aromatic carbocycles. The van der Waals surface area contributed by atoms with Crippen LogP contribution in [0.15, 0.2) is 41.3 Å². The summed E-state index contributed by atoms with van der Waals surface area (Å²) < 4.78 is 13.2. The van der Waals surface area contributed by atoms with Crippen molar-refractivity contribution in [1.82, 2.24) is 4.57 Å². The maximum atomic E-state index is 12.6. The lowest BCUT2D eigenvalue weighted by molar-refractivity contribution is -0.138. The molecule has 0 bridgehead atoms. The van der Waals surface area contributed by atoms with E-state index in [-0.39, 0.29) is 5.78 Å². The van der Waals surface area contributed by atoms with Crippen molar-refractivity contribution in [3.8, 4) is 0 Å². The molecule has 6 heteroatoms. The van der Waals surface area contributed by atoms with Crippen molar-refractivity contribution in [2.24, 2.45) is 0 Å². The molecule has 2 atom stereocenters. The van der Waals surface area contributed by atoms with Crippen LogP contribution in [0.1, 0.15) is 34.1 Å². The number of carboxylic acid groups (broad SMARTS) is 1. The number of ketones is 1. The summed E-state index contributed by atoms with van der Waals surface area (Å²) in [7, 11) is 0. The zero-order chi connectivity index (χ0) is 15.9. The van der Waals surface area contributed by atoms with Crippen molar-refractivity contribution < 1.29 is 19.2 Å². The average Bonchev–Trinajstić information content (AvgIpc) is 3.07. The van der Waals surface area contributed by atoms with Gasteiger partial charge in [-0.1, -0.05) is 0 Å². The minimum Gasteiger partial charge on any atom is -0.612 e. The first-order valence-corrected chi connectivity index (χ1v) is 8.45. The Morgan fingerprint density at radius 2 is 1.91 bits per heavy atom. The van der Waals surface area contributed by atoms with Gasteiger partial charge in [-0.2, -0.15) is 0 Å². The number of carbonyl (C=O) groups is 2. The highest BCUT2D eigenvalue weighted by Crippen LogP contribution is 2.31. The van der Waals surface area contributed by atoms with Gasteiger partial charge in [0.25, 0.3) is 0 Å². The van der Waals surface area contributed by atoms with E-state index in [0.29, 0.717) is 34.8 Å². The lowest BCUT2D eigenvalue weighted by Crippen LogP contribution is -2.10. The summed E-state index contributed by atoms with van der Waals surface area (Å²) in [6.07, 6.45) is 2.10. The van der Waals surface area contributed by atoms with Crippen LogP contribution in [0.4, 0.5) is 0 Å². The zero-order valence-electron chi connectivity index (χ0n) is 12.0. The Bertz CT molecular complexity index is 733. The predicted molar refractivity (Wildman–Crippen MR) is 81.6 cm³/mol. The van der Waals surface area contributed by atoms with E-state index in [1.165, 1.54) is 0 Å². The highest BCUT2D eigenvalue weighted by Gasteiger charge is 2.31. The molecule has 5 nitrogen and oxygen atoms in total. The number of hydrogen-bond acceptors (Lipinski definition) is 3. The fourth-order valence-electron chi connectivity index (χ4n) is 2.84. The van der Waals surface area contributed by atoms with Crippen LogP contribution in [-0.4, -0.2) is 32.2 Å². The van der Waals surface area contributed by atoms with Crippen LogP contribution in [-0.2, 0) is 22.5 Å². The molecule has 2 aromatic rings. The van der Waals surface area contributed by atoms with Crippen molar-refractivity contribution in [3.63, 3.8) is 0 Å². The van der Waals surface area contributed by atoms with E-state index in [4.69, 9.17) is 0 Å². The minimum atomic E-state index is -1.08. The number of aliphatic carboxylic acids is 1. The standard InChI is InChI=1S/C16H15NO4S/c1-22(21)11-4-2-10(3-5-11)15(18)14-7-6-13-12(16(19)20)8-9-17(13)14/h2-7,12H,8-9H2,1H3,(H,19,20). The molecule has 22 heavy (non-hydrogen) atoms. The van der Waals surface area contributed by atoms with Crippen molar-refractivity contribution >= 4 is 22.9 Å². The Labute approximate surface area is 130 Å². The van der Waals surface area contributed by atoms with Crippen LogP contribution >= 0.6 is 0 Å². The van der Waals surface area contributed by atoms with Gasteiger partial charge in [-0.15, -0.1) is 0 Å². The summed E-state index contributed by atoms with van der Waals surface area (Å²) in [6.45, 7) is 0.539. The molecule has 0 saturated carbocycles. The van der Waals surface area contributed by atoms with E-state index in [9.17, 15) is 19.2 Å². The highest BCUT2D eigenvalue weighted by molar-refractivity contribution is 7.90. The molecule has 1 aliphatic rings. The van der Waals surface area contributed by atoms with E-state index in [2.05, 4.69) is 0 Å². The highest BCUT2D eigenvalue weighted by atomic mass is 32.2. The predicted octanol–water partition coefficient (Wildman–Crippen LogP) is 2.03. The maximum Gasteiger partial charge on any atom is 0.312 e. The van der Waals surface area contributed by atoms with Gasteiger partial charge in [0.1, 0.15) is 6.26 Å². The Morgan fingerprint density at radius 1 is 1.23 bits per heavy atom. The number of carboxylic acids is 1. The molecule has 2 unspecified atom stereocenters. The third-order valence-electron chi connectivity index (χ3n) is 3.99. The van der Waals surface area contributed by atoms with Crippen molar-refractivity contribution in [1.29, 1.82) is 0 Å². The summed E-state index contributed by atoms with van der Waals surface area (Å²) in [6, 6.07) is 10.1. The van der Waals surface area contributed by atoms with Crippen molar-refractivity contribution in [2.75, 3.05) is 6.26 Å². The number of benzene rings is 1. The van der Waals surface area contributed by atoms with E-state index in [1.807, 2.05) is 0 Å². The first-order chi connectivity index (χ1) is 10.5. The number of fused-ring (bicyclic) bond motifs is 1. The quantitative estimate of drug-likeness (QED) is 0.691. The second-order valence-electron chi connectivity index (χ2n) is 5.28. The molecule has 0 fully saturated rings. The Morgan fingerprint density at radius 3 is 2.50 bits per heavy atom. The first-order valence-electron chi connectivity index (χ1n) is 6.89. The molecule has 1 aromatic heterocycles. The summed E-state index contributed by atoms with van der Waals surface area (Å²) in [5.74, 6) is -1.54. The third-order valence-corrected chi connectivity index (χ3v) is 4.93. The summed E-state index contributed by atoms with van der Waals surface area (Å²) in [5.41, 5.74) is 1.69. The molecule has 2 heterocycles. The molecule has 3 rings (SSSR count). The molecule has 0 saturated heterocycles. The Kier molecular flexibility index (Phi) is 3.80. The third kappa shape index (κ3) is 2.44. The summed E-state index contributed by atoms with van der Waals surface area (Å²) in [5, 5.41) is 9.18. The average molecular weight is 317 g/mol. The van der Waals surface area contributed by atoms with Crippen LogP contribution in [0.2, 0.25) is 0 Å². The molecular weight excluding hydrogens is 302 g/mol. The van der Waals surface area contributed by atoms with Crippen molar-refractivity contribution in [2.45, 2.75) is 23.8 Å². The molecule has 1 aliphatic heterocycles. The second-order valence-corrected chi connectivity index (χ2v) is 6.66. The summed E-state index contributed by atoms with van der Waals surface area (Å²) in [4.78, 5) is 24.4.